The van der Waals surface area contributed by atoms with Gasteiger partial charge in [-0.3, -0.25) is 9.48 Å². The molecule has 1 amide bonds. The van der Waals surface area contributed by atoms with E-state index in [0.29, 0.717) is 29.6 Å². The van der Waals surface area contributed by atoms with Crippen LogP contribution in [0.4, 0.5) is 17.6 Å². The van der Waals surface area contributed by atoms with Crippen LogP contribution < -0.4 is 10.1 Å². The Kier molecular flexibility index (Phi) is 6.47. The van der Waals surface area contributed by atoms with E-state index < -0.39 is 18.5 Å². The van der Waals surface area contributed by atoms with Gasteiger partial charge in [0.05, 0.1) is 23.5 Å². The second-order valence-corrected chi connectivity index (χ2v) is 7.73. The molecule has 4 rings (SSSR count). The highest BCUT2D eigenvalue weighted by Crippen LogP contribution is 2.35. The zero-order valence-corrected chi connectivity index (χ0v) is 16.9. The van der Waals surface area contributed by atoms with Crippen LogP contribution in [0, 0.1) is 11.9 Å². The number of aromatic nitrogens is 4. The van der Waals surface area contributed by atoms with E-state index in [0.717, 1.165) is 4.68 Å². The quantitative estimate of drug-likeness (QED) is 0.569. The Hall–Kier alpha value is -3.11. The molecule has 1 aromatic carbocycles. The average molecular weight is 455 g/mol. The van der Waals surface area contributed by atoms with Gasteiger partial charge in [0.15, 0.2) is 0 Å². The first-order valence-electron chi connectivity index (χ1n) is 9.80. The SMILES string of the molecule is C.C[C@@H](Oc1cc(-c2cnn(CCC(F)(F)F)c2)cc2nn(C)c(F)c12)[C@H]1CNC(=O)C1. The van der Waals surface area contributed by atoms with Crippen molar-refractivity contribution in [2.75, 3.05) is 6.54 Å². The number of halogens is 4. The third kappa shape index (κ3) is 4.86. The number of hydrogen-bond donors (Lipinski definition) is 1. The maximum absolute atomic E-state index is 14.7. The highest BCUT2D eigenvalue weighted by molar-refractivity contribution is 5.90. The summed E-state index contributed by atoms with van der Waals surface area (Å²) in [6, 6.07) is 3.26. The molecule has 0 aliphatic carbocycles. The van der Waals surface area contributed by atoms with Crippen molar-refractivity contribution in [2.24, 2.45) is 13.0 Å². The Morgan fingerprint density at radius 3 is 2.72 bits per heavy atom. The number of aryl methyl sites for hydroxylation is 2. The smallest absolute Gasteiger partial charge is 0.390 e. The topological polar surface area (TPSA) is 74.0 Å². The van der Waals surface area contributed by atoms with Crippen molar-refractivity contribution in [3.63, 3.8) is 0 Å². The number of carbonyl (C=O) groups excluding carboxylic acids is 1. The van der Waals surface area contributed by atoms with E-state index in [9.17, 15) is 22.4 Å². The van der Waals surface area contributed by atoms with E-state index in [4.69, 9.17) is 4.74 Å². The fraction of sp³-hybridized carbons (Fsp3) is 0.476. The van der Waals surface area contributed by atoms with Crippen LogP contribution >= 0.6 is 0 Å². The predicted octanol–water partition coefficient (Wildman–Crippen LogP) is 4.07. The van der Waals surface area contributed by atoms with Crippen LogP contribution in [-0.2, 0) is 18.4 Å². The van der Waals surface area contributed by atoms with Gasteiger partial charge in [0, 0.05) is 44.2 Å². The molecule has 32 heavy (non-hydrogen) atoms. The zero-order valence-electron chi connectivity index (χ0n) is 16.9. The van der Waals surface area contributed by atoms with Crippen molar-refractivity contribution in [2.45, 2.75) is 46.0 Å². The van der Waals surface area contributed by atoms with Gasteiger partial charge in [-0.1, -0.05) is 7.43 Å². The molecular formula is C21H25F4N5O2. The van der Waals surface area contributed by atoms with Gasteiger partial charge in [-0.25, -0.2) is 4.68 Å². The minimum atomic E-state index is -4.27. The Bertz CT molecular complexity index is 1120. The van der Waals surface area contributed by atoms with Gasteiger partial charge < -0.3 is 10.1 Å². The third-order valence-corrected chi connectivity index (χ3v) is 5.41. The lowest BCUT2D eigenvalue weighted by Gasteiger charge is -2.20. The molecule has 3 heterocycles. The van der Waals surface area contributed by atoms with Crippen molar-refractivity contribution < 1.29 is 27.1 Å². The van der Waals surface area contributed by atoms with Gasteiger partial charge in [-0.15, -0.1) is 0 Å². The molecule has 1 N–H and O–H groups in total. The van der Waals surface area contributed by atoms with Crippen LogP contribution in [0.25, 0.3) is 22.0 Å². The molecule has 174 valence electrons. The first-order valence-corrected chi connectivity index (χ1v) is 9.80. The number of carbonyl (C=O) groups is 1. The third-order valence-electron chi connectivity index (χ3n) is 5.41. The highest BCUT2D eigenvalue weighted by atomic mass is 19.4. The van der Waals surface area contributed by atoms with E-state index in [1.165, 1.54) is 24.1 Å². The number of nitrogens with zero attached hydrogens (tertiary/aromatic N) is 4. The molecule has 11 heteroatoms. The predicted molar refractivity (Wildman–Crippen MR) is 111 cm³/mol. The molecule has 0 saturated carbocycles. The molecule has 1 aliphatic rings. The fourth-order valence-corrected chi connectivity index (χ4v) is 3.65. The fourth-order valence-electron chi connectivity index (χ4n) is 3.65. The van der Waals surface area contributed by atoms with Crippen molar-refractivity contribution >= 4 is 16.8 Å². The van der Waals surface area contributed by atoms with Gasteiger partial charge >= 0.3 is 6.18 Å². The summed E-state index contributed by atoms with van der Waals surface area (Å²) in [5.74, 6) is -0.424. The van der Waals surface area contributed by atoms with Crippen LogP contribution in [0.3, 0.4) is 0 Å². The van der Waals surface area contributed by atoms with E-state index in [1.54, 1.807) is 12.1 Å². The number of rotatable bonds is 6. The van der Waals surface area contributed by atoms with Crippen LogP contribution in [0.5, 0.6) is 5.75 Å². The summed E-state index contributed by atoms with van der Waals surface area (Å²) >= 11 is 0. The first kappa shape index (κ1) is 23.6. The van der Waals surface area contributed by atoms with Crippen LogP contribution in [0.2, 0.25) is 0 Å². The van der Waals surface area contributed by atoms with E-state index >= 15 is 0 Å². The van der Waals surface area contributed by atoms with Crippen molar-refractivity contribution in [3.05, 3.63) is 30.5 Å². The van der Waals surface area contributed by atoms with Crippen LogP contribution in [-0.4, -0.2) is 44.3 Å². The lowest BCUT2D eigenvalue weighted by Crippen LogP contribution is -2.25. The molecule has 1 fully saturated rings. The van der Waals surface area contributed by atoms with E-state index in [-0.39, 0.29) is 43.0 Å². The lowest BCUT2D eigenvalue weighted by atomic mass is 10.0. The Balaban J connectivity index is 0.00000289. The molecule has 0 bridgehead atoms. The minimum absolute atomic E-state index is 0. The van der Waals surface area contributed by atoms with Crippen LogP contribution in [0.1, 0.15) is 27.2 Å². The zero-order chi connectivity index (χ0) is 22.3. The summed E-state index contributed by atoms with van der Waals surface area (Å²) in [5, 5.41) is 11.1. The Labute approximate surface area is 182 Å². The Morgan fingerprint density at radius 2 is 2.06 bits per heavy atom. The molecule has 2 aromatic heterocycles. The molecule has 0 spiro atoms. The van der Waals surface area contributed by atoms with E-state index in [1.807, 2.05) is 6.92 Å². The van der Waals surface area contributed by atoms with Gasteiger partial charge in [-0.2, -0.15) is 27.8 Å². The van der Waals surface area contributed by atoms with Crippen molar-refractivity contribution in [1.29, 1.82) is 0 Å². The number of hydrogen-bond acceptors (Lipinski definition) is 4. The summed E-state index contributed by atoms with van der Waals surface area (Å²) in [5.41, 5.74) is 1.50. The largest absolute Gasteiger partial charge is 0.489 e. The van der Waals surface area contributed by atoms with E-state index in [2.05, 4.69) is 15.5 Å². The molecule has 3 aromatic rings. The summed E-state index contributed by atoms with van der Waals surface area (Å²) in [6.07, 6.45) is -2.36. The molecule has 0 radical (unpaired) electrons. The van der Waals surface area contributed by atoms with Gasteiger partial charge in [-0.05, 0) is 24.6 Å². The molecule has 1 aliphatic heterocycles. The number of fused-ring (bicyclic) bond motifs is 1. The molecule has 2 atom stereocenters. The highest BCUT2D eigenvalue weighted by Gasteiger charge is 2.29. The first-order chi connectivity index (χ1) is 14.6. The van der Waals surface area contributed by atoms with Gasteiger partial charge in [0.2, 0.25) is 11.9 Å². The maximum atomic E-state index is 14.7. The summed E-state index contributed by atoms with van der Waals surface area (Å²) in [7, 11) is 1.47. The second kappa shape index (κ2) is 8.79. The van der Waals surface area contributed by atoms with Crippen LogP contribution in [0.15, 0.2) is 24.5 Å². The molecule has 0 unspecified atom stereocenters. The average Bonchev–Trinajstić information content (AvgIpc) is 3.39. The van der Waals surface area contributed by atoms with Crippen molar-refractivity contribution in [1.82, 2.24) is 24.9 Å². The number of nitrogens with one attached hydrogen (secondary N) is 1. The molecule has 7 nitrogen and oxygen atoms in total. The summed E-state index contributed by atoms with van der Waals surface area (Å²) in [6.45, 7) is 1.99. The minimum Gasteiger partial charge on any atom is -0.489 e. The van der Waals surface area contributed by atoms with Gasteiger partial charge in [0.1, 0.15) is 11.9 Å². The summed E-state index contributed by atoms with van der Waals surface area (Å²) < 4.78 is 60.5. The second-order valence-electron chi connectivity index (χ2n) is 7.73. The number of benzene rings is 1. The molecular weight excluding hydrogens is 430 g/mol. The van der Waals surface area contributed by atoms with Gasteiger partial charge in [0.25, 0.3) is 0 Å². The number of alkyl halides is 3. The number of ether oxygens (including phenoxy) is 1. The standard InChI is InChI=1S/C20H21F4N5O2.CH4/c1-11(13-7-17(30)25-8-13)31-16-6-12(5-15-18(16)19(21)28(2)27-15)14-9-26-29(10-14)4-3-20(22,23)24;/h5-6,9-11,13H,3-4,7-8H2,1-2H3,(H,25,30);1H4/t11-,13-;/m1./s1. The maximum Gasteiger partial charge on any atom is 0.390 e. The van der Waals surface area contributed by atoms with Crippen molar-refractivity contribution in [3.8, 4) is 16.9 Å². The Morgan fingerprint density at radius 1 is 1.31 bits per heavy atom. The number of amides is 1. The monoisotopic (exact) mass is 455 g/mol. The normalized spacial score (nSPS) is 17.3. The molecule has 1 saturated heterocycles. The summed E-state index contributed by atoms with van der Waals surface area (Å²) in [4.78, 5) is 11.5. The lowest BCUT2D eigenvalue weighted by molar-refractivity contribution is -0.137.